The molecule has 0 bridgehead atoms. The van der Waals surface area contributed by atoms with Crippen molar-refractivity contribution in [1.82, 2.24) is 15.1 Å². The van der Waals surface area contributed by atoms with Gasteiger partial charge in [0.25, 0.3) is 11.6 Å². The zero-order chi connectivity index (χ0) is 21.7. The van der Waals surface area contributed by atoms with Crippen LogP contribution in [0.1, 0.15) is 47.1 Å². The van der Waals surface area contributed by atoms with Gasteiger partial charge >= 0.3 is 0 Å². The van der Waals surface area contributed by atoms with Gasteiger partial charge in [0.1, 0.15) is 12.4 Å². The van der Waals surface area contributed by atoms with E-state index in [0.29, 0.717) is 11.3 Å². The van der Waals surface area contributed by atoms with Crippen molar-refractivity contribution in [2.45, 2.75) is 40.0 Å². The van der Waals surface area contributed by atoms with E-state index in [9.17, 15) is 14.9 Å². The van der Waals surface area contributed by atoms with Crippen LogP contribution in [0.5, 0.6) is 5.75 Å². The van der Waals surface area contributed by atoms with Gasteiger partial charge in [-0.3, -0.25) is 19.6 Å². The molecule has 1 amide bonds. The largest absolute Gasteiger partial charge is 0.489 e. The topological polar surface area (TPSA) is 99.3 Å². The van der Waals surface area contributed by atoms with Crippen LogP contribution in [0.15, 0.2) is 54.7 Å². The van der Waals surface area contributed by atoms with Crippen LogP contribution in [0, 0.1) is 17.0 Å². The molecule has 0 aliphatic rings. The van der Waals surface area contributed by atoms with E-state index in [1.165, 1.54) is 12.1 Å². The molecule has 1 aromatic heterocycles. The number of non-ortho nitro benzene ring substituents is 1. The van der Waals surface area contributed by atoms with Crippen molar-refractivity contribution in [2.75, 3.05) is 0 Å². The molecule has 0 aliphatic carbocycles. The predicted molar refractivity (Wildman–Crippen MR) is 112 cm³/mol. The summed E-state index contributed by atoms with van der Waals surface area (Å²) in [6.07, 6.45) is 1.95. The van der Waals surface area contributed by atoms with Crippen molar-refractivity contribution < 1.29 is 14.5 Å². The van der Waals surface area contributed by atoms with Crippen molar-refractivity contribution in [3.63, 3.8) is 0 Å². The van der Waals surface area contributed by atoms with E-state index >= 15 is 0 Å². The molecule has 1 atom stereocenters. The summed E-state index contributed by atoms with van der Waals surface area (Å²) in [5.74, 6) is 0.343. The number of hydrogen-bond acceptors (Lipinski definition) is 5. The van der Waals surface area contributed by atoms with E-state index < -0.39 is 4.92 Å². The number of nitro groups is 1. The van der Waals surface area contributed by atoms with Crippen LogP contribution < -0.4 is 10.1 Å². The maximum atomic E-state index is 12.7. The predicted octanol–water partition coefficient (Wildman–Crippen LogP) is 4.19. The van der Waals surface area contributed by atoms with Gasteiger partial charge in [0.15, 0.2) is 0 Å². The number of aryl methyl sites for hydroxylation is 2. The normalized spacial score (nSPS) is 11.7. The molecule has 156 valence electrons. The molecule has 1 heterocycles. The third kappa shape index (κ3) is 5.02. The lowest BCUT2D eigenvalue weighted by Gasteiger charge is -2.14. The third-order valence-corrected chi connectivity index (χ3v) is 4.76. The SMILES string of the molecule is CCn1cc(C(C)NC(=O)c2cccc(COc3ccc([N+](=O)[O-])cc3)c2)c(C)n1. The van der Waals surface area contributed by atoms with Gasteiger partial charge < -0.3 is 10.1 Å². The molecular weight excluding hydrogens is 384 g/mol. The van der Waals surface area contributed by atoms with E-state index in [1.807, 2.05) is 37.7 Å². The zero-order valence-corrected chi connectivity index (χ0v) is 17.2. The first-order chi connectivity index (χ1) is 14.4. The Morgan fingerprint density at radius 3 is 2.63 bits per heavy atom. The molecular formula is C22H24N4O4. The molecule has 8 heteroatoms. The summed E-state index contributed by atoms with van der Waals surface area (Å²) < 4.78 is 7.53. The van der Waals surface area contributed by atoms with Gasteiger partial charge in [-0.2, -0.15) is 5.10 Å². The highest BCUT2D eigenvalue weighted by atomic mass is 16.6. The number of nitrogens with zero attached hydrogens (tertiary/aromatic N) is 3. The first-order valence-corrected chi connectivity index (χ1v) is 9.68. The number of carbonyl (C=O) groups excluding carboxylic acids is 1. The van der Waals surface area contributed by atoms with Crippen molar-refractivity contribution in [3.8, 4) is 5.75 Å². The lowest BCUT2D eigenvalue weighted by molar-refractivity contribution is -0.384. The maximum Gasteiger partial charge on any atom is 0.269 e. The number of hydrogen-bond donors (Lipinski definition) is 1. The summed E-state index contributed by atoms with van der Waals surface area (Å²) in [4.78, 5) is 23.0. The smallest absolute Gasteiger partial charge is 0.269 e. The van der Waals surface area contributed by atoms with Gasteiger partial charge in [-0.05, 0) is 50.6 Å². The van der Waals surface area contributed by atoms with Crippen molar-refractivity contribution in [1.29, 1.82) is 0 Å². The molecule has 8 nitrogen and oxygen atoms in total. The van der Waals surface area contributed by atoms with Crippen molar-refractivity contribution in [2.24, 2.45) is 0 Å². The van der Waals surface area contributed by atoms with Gasteiger partial charge in [0.05, 0.1) is 16.7 Å². The number of benzene rings is 2. The summed E-state index contributed by atoms with van der Waals surface area (Å²) in [6.45, 7) is 6.91. The lowest BCUT2D eigenvalue weighted by atomic mass is 10.1. The summed E-state index contributed by atoms with van der Waals surface area (Å²) in [7, 11) is 0. The van der Waals surface area contributed by atoms with Crippen LogP contribution in [0.25, 0.3) is 0 Å². The van der Waals surface area contributed by atoms with Crippen LogP contribution in [-0.4, -0.2) is 20.6 Å². The molecule has 0 saturated heterocycles. The second-order valence-corrected chi connectivity index (χ2v) is 6.96. The van der Waals surface area contributed by atoms with Gasteiger partial charge in [-0.1, -0.05) is 12.1 Å². The number of ether oxygens (including phenoxy) is 1. The number of aromatic nitrogens is 2. The number of nitro benzene ring substituents is 1. The van der Waals surface area contributed by atoms with Crippen molar-refractivity contribution in [3.05, 3.63) is 87.2 Å². The van der Waals surface area contributed by atoms with Crippen LogP contribution in [0.2, 0.25) is 0 Å². The van der Waals surface area contributed by atoms with E-state index in [1.54, 1.807) is 30.3 Å². The summed E-state index contributed by atoms with van der Waals surface area (Å²) in [5.41, 5.74) is 3.25. The van der Waals surface area contributed by atoms with Crippen LogP contribution in [0.3, 0.4) is 0 Å². The van der Waals surface area contributed by atoms with E-state index in [-0.39, 0.29) is 24.2 Å². The zero-order valence-electron chi connectivity index (χ0n) is 17.2. The summed E-state index contributed by atoms with van der Waals surface area (Å²) in [5, 5.41) is 18.2. The lowest BCUT2D eigenvalue weighted by Crippen LogP contribution is -2.27. The Morgan fingerprint density at radius 2 is 2.00 bits per heavy atom. The third-order valence-electron chi connectivity index (χ3n) is 4.76. The Bertz CT molecular complexity index is 1040. The van der Waals surface area contributed by atoms with Crippen molar-refractivity contribution >= 4 is 11.6 Å². The number of rotatable bonds is 8. The first kappa shape index (κ1) is 21.0. The Hall–Kier alpha value is -3.68. The minimum atomic E-state index is -0.457. The number of carbonyl (C=O) groups is 1. The second-order valence-electron chi connectivity index (χ2n) is 6.96. The Morgan fingerprint density at radius 1 is 1.27 bits per heavy atom. The molecule has 0 radical (unpaired) electrons. The highest BCUT2D eigenvalue weighted by Crippen LogP contribution is 2.20. The quantitative estimate of drug-likeness (QED) is 0.445. The molecule has 30 heavy (non-hydrogen) atoms. The minimum absolute atomic E-state index is 0.00912. The van der Waals surface area contributed by atoms with E-state index in [0.717, 1.165) is 23.4 Å². The molecule has 3 rings (SSSR count). The van der Waals surface area contributed by atoms with E-state index in [4.69, 9.17) is 4.74 Å². The Balaban J connectivity index is 1.63. The standard InChI is InChI=1S/C22H24N4O4/c1-4-25-13-21(16(3)24-25)15(2)23-22(27)18-7-5-6-17(12-18)14-30-20-10-8-19(9-11-20)26(28)29/h5-13,15H,4,14H2,1-3H3,(H,23,27). The highest BCUT2D eigenvalue weighted by molar-refractivity contribution is 5.94. The number of nitrogens with one attached hydrogen (secondary N) is 1. The molecule has 0 saturated carbocycles. The molecule has 1 N–H and O–H groups in total. The second kappa shape index (κ2) is 9.21. The Kier molecular flexibility index (Phi) is 6.46. The highest BCUT2D eigenvalue weighted by Gasteiger charge is 2.16. The maximum absolute atomic E-state index is 12.7. The van der Waals surface area contributed by atoms with Crippen LogP contribution in [-0.2, 0) is 13.2 Å². The molecule has 2 aromatic carbocycles. The fourth-order valence-corrected chi connectivity index (χ4v) is 3.11. The molecule has 3 aromatic rings. The van der Waals surface area contributed by atoms with Gasteiger partial charge in [-0.15, -0.1) is 0 Å². The minimum Gasteiger partial charge on any atom is -0.489 e. The Labute approximate surface area is 174 Å². The monoisotopic (exact) mass is 408 g/mol. The van der Waals surface area contributed by atoms with Crippen LogP contribution in [0.4, 0.5) is 5.69 Å². The molecule has 0 fully saturated rings. The van der Waals surface area contributed by atoms with E-state index in [2.05, 4.69) is 10.4 Å². The van der Waals surface area contributed by atoms with Gasteiger partial charge in [0.2, 0.25) is 0 Å². The number of amides is 1. The summed E-state index contributed by atoms with van der Waals surface area (Å²) >= 11 is 0. The molecule has 0 aliphatic heterocycles. The van der Waals surface area contributed by atoms with Crippen LogP contribution >= 0.6 is 0 Å². The van der Waals surface area contributed by atoms with Gasteiger partial charge in [-0.25, -0.2) is 0 Å². The average Bonchev–Trinajstić information content (AvgIpc) is 3.13. The average molecular weight is 408 g/mol. The molecule has 1 unspecified atom stereocenters. The fraction of sp³-hybridized carbons (Fsp3) is 0.273. The van der Waals surface area contributed by atoms with Gasteiger partial charge in [0, 0.05) is 36.0 Å². The first-order valence-electron chi connectivity index (χ1n) is 9.68. The fourth-order valence-electron chi connectivity index (χ4n) is 3.11. The molecule has 0 spiro atoms. The summed E-state index contributed by atoms with van der Waals surface area (Å²) in [6, 6.07) is 12.9.